The molecule has 0 spiro atoms. The van der Waals surface area contributed by atoms with Gasteiger partial charge in [0.2, 0.25) is 0 Å². The van der Waals surface area contributed by atoms with Crippen molar-refractivity contribution < 1.29 is 10.2 Å². The number of hydrogen-bond donors (Lipinski definition) is 3. The molecule has 0 aliphatic heterocycles. The SMILES string of the molecule is Cc1ccnc(Cl)c1C(O)C(O)CCS. The Labute approximate surface area is 99.5 Å². The first-order chi connectivity index (χ1) is 7.07. The van der Waals surface area contributed by atoms with E-state index in [-0.39, 0.29) is 5.15 Å². The summed E-state index contributed by atoms with van der Waals surface area (Å²) in [6, 6.07) is 1.75. The third-order valence-electron chi connectivity index (χ3n) is 2.24. The molecule has 2 atom stereocenters. The first-order valence-electron chi connectivity index (χ1n) is 4.66. The van der Waals surface area contributed by atoms with Crippen LogP contribution in [0.1, 0.15) is 23.7 Å². The van der Waals surface area contributed by atoms with Crippen molar-refractivity contribution in [1.29, 1.82) is 0 Å². The van der Waals surface area contributed by atoms with Gasteiger partial charge in [0.15, 0.2) is 0 Å². The molecule has 0 aromatic carbocycles. The van der Waals surface area contributed by atoms with Crippen molar-refractivity contribution in [3.8, 4) is 0 Å². The standard InChI is InChI=1S/C10H14ClNO2S/c1-6-2-4-12-10(11)8(6)9(14)7(13)3-5-15/h2,4,7,9,13-15H,3,5H2,1H3. The summed E-state index contributed by atoms with van der Waals surface area (Å²) in [5, 5.41) is 19.7. The van der Waals surface area contributed by atoms with Crippen LogP contribution in [0, 0.1) is 6.92 Å². The van der Waals surface area contributed by atoms with Crippen LogP contribution in [0.25, 0.3) is 0 Å². The van der Waals surface area contributed by atoms with Gasteiger partial charge in [0.25, 0.3) is 0 Å². The summed E-state index contributed by atoms with van der Waals surface area (Å²) in [5.74, 6) is 0.509. The minimum atomic E-state index is -1.00. The molecule has 0 amide bonds. The van der Waals surface area contributed by atoms with Crippen molar-refractivity contribution in [3.63, 3.8) is 0 Å². The summed E-state index contributed by atoms with van der Waals surface area (Å²) < 4.78 is 0. The van der Waals surface area contributed by atoms with E-state index in [0.717, 1.165) is 5.56 Å². The van der Waals surface area contributed by atoms with E-state index in [9.17, 15) is 10.2 Å². The molecule has 5 heteroatoms. The molecule has 1 rings (SSSR count). The zero-order chi connectivity index (χ0) is 11.4. The highest BCUT2D eigenvalue weighted by atomic mass is 35.5. The lowest BCUT2D eigenvalue weighted by atomic mass is 10.0. The van der Waals surface area contributed by atoms with Crippen molar-refractivity contribution >= 4 is 24.2 Å². The van der Waals surface area contributed by atoms with Crippen LogP contribution in [0.3, 0.4) is 0 Å². The summed E-state index contributed by atoms with van der Waals surface area (Å²) >= 11 is 9.87. The molecule has 2 unspecified atom stereocenters. The lowest BCUT2D eigenvalue weighted by Crippen LogP contribution is -2.20. The minimum absolute atomic E-state index is 0.237. The van der Waals surface area contributed by atoms with Gasteiger partial charge < -0.3 is 10.2 Å². The largest absolute Gasteiger partial charge is 0.390 e. The smallest absolute Gasteiger partial charge is 0.135 e. The van der Waals surface area contributed by atoms with Crippen LogP contribution >= 0.6 is 24.2 Å². The second-order valence-electron chi connectivity index (χ2n) is 3.36. The number of pyridine rings is 1. The molecular formula is C10H14ClNO2S. The summed E-state index contributed by atoms with van der Waals surface area (Å²) in [7, 11) is 0. The fourth-order valence-corrected chi connectivity index (χ4v) is 1.96. The summed E-state index contributed by atoms with van der Waals surface area (Å²) in [4.78, 5) is 3.88. The van der Waals surface area contributed by atoms with Gasteiger partial charge in [-0.05, 0) is 30.7 Å². The number of aliphatic hydroxyl groups excluding tert-OH is 2. The molecule has 2 N–H and O–H groups in total. The van der Waals surface area contributed by atoms with E-state index in [1.807, 2.05) is 6.92 Å². The maximum Gasteiger partial charge on any atom is 0.135 e. The Kier molecular flexibility index (Phi) is 4.86. The molecule has 1 aromatic rings. The molecule has 1 aromatic heterocycles. The summed E-state index contributed by atoms with van der Waals surface area (Å²) in [6.45, 7) is 1.82. The number of hydrogen-bond acceptors (Lipinski definition) is 4. The van der Waals surface area contributed by atoms with Gasteiger partial charge in [-0.3, -0.25) is 0 Å². The zero-order valence-electron chi connectivity index (χ0n) is 8.39. The molecule has 0 radical (unpaired) electrons. The third-order valence-corrected chi connectivity index (χ3v) is 2.80. The molecule has 1 heterocycles. The summed E-state index contributed by atoms with van der Waals surface area (Å²) in [6.07, 6.45) is 0.120. The highest BCUT2D eigenvalue weighted by molar-refractivity contribution is 7.80. The summed E-state index contributed by atoms with van der Waals surface area (Å²) in [5.41, 5.74) is 1.31. The monoisotopic (exact) mass is 247 g/mol. The van der Waals surface area contributed by atoms with Crippen LogP contribution in [0.5, 0.6) is 0 Å². The van der Waals surface area contributed by atoms with Crippen molar-refractivity contribution in [1.82, 2.24) is 4.98 Å². The number of halogens is 1. The molecule has 3 nitrogen and oxygen atoms in total. The number of nitrogens with zero attached hydrogens (tertiary/aromatic N) is 1. The molecule has 0 bridgehead atoms. The fourth-order valence-electron chi connectivity index (χ4n) is 1.37. The topological polar surface area (TPSA) is 53.4 Å². The van der Waals surface area contributed by atoms with E-state index < -0.39 is 12.2 Å². The average Bonchev–Trinajstić information content (AvgIpc) is 2.17. The van der Waals surface area contributed by atoms with Crippen molar-refractivity contribution in [2.45, 2.75) is 25.6 Å². The van der Waals surface area contributed by atoms with Crippen molar-refractivity contribution in [2.24, 2.45) is 0 Å². The highest BCUT2D eigenvalue weighted by Gasteiger charge is 2.22. The Morgan fingerprint density at radius 1 is 1.53 bits per heavy atom. The molecule has 84 valence electrons. The van der Waals surface area contributed by atoms with Crippen molar-refractivity contribution in [2.75, 3.05) is 5.75 Å². The van der Waals surface area contributed by atoms with E-state index in [0.29, 0.717) is 17.7 Å². The van der Waals surface area contributed by atoms with E-state index in [1.54, 1.807) is 12.3 Å². The molecular weight excluding hydrogens is 234 g/mol. The fraction of sp³-hybridized carbons (Fsp3) is 0.500. The predicted octanol–water partition coefficient (Wildman–Crippen LogP) is 1.76. The van der Waals surface area contributed by atoms with Crippen LogP contribution < -0.4 is 0 Å². The number of thiol groups is 1. The average molecular weight is 248 g/mol. The maximum atomic E-state index is 9.87. The van der Waals surface area contributed by atoms with Crippen LogP contribution in [-0.2, 0) is 0 Å². The van der Waals surface area contributed by atoms with Gasteiger partial charge in [-0.1, -0.05) is 11.6 Å². The van der Waals surface area contributed by atoms with Gasteiger partial charge in [0.05, 0.1) is 6.10 Å². The highest BCUT2D eigenvalue weighted by Crippen LogP contribution is 2.27. The Morgan fingerprint density at radius 2 is 2.20 bits per heavy atom. The van der Waals surface area contributed by atoms with E-state index in [4.69, 9.17) is 11.6 Å². The minimum Gasteiger partial charge on any atom is -0.390 e. The number of aromatic nitrogens is 1. The zero-order valence-corrected chi connectivity index (χ0v) is 10.0. The van der Waals surface area contributed by atoms with Crippen LogP contribution in [0.4, 0.5) is 0 Å². The number of aryl methyl sites for hydroxylation is 1. The van der Waals surface area contributed by atoms with Crippen molar-refractivity contribution in [3.05, 3.63) is 28.5 Å². The second kappa shape index (κ2) is 5.70. The van der Waals surface area contributed by atoms with Gasteiger partial charge in [-0.2, -0.15) is 12.6 Å². The first-order valence-corrected chi connectivity index (χ1v) is 5.67. The molecule has 0 saturated heterocycles. The molecule has 15 heavy (non-hydrogen) atoms. The first kappa shape index (κ1) is 12.8. The van der Waals surface area contributed by atoms with E-state index in [1.165, 1.54) is 0 Å². The Balaban J connectivity index is 2.94. The van der Waals surface area contributed by atoms with Crippen LogP contribution in [-0.4, -0.2) is 27.1 Å². The third kappa shape index (κ3) is 3.08. The molecule has 0 aliphatic carbocycles. The molecule has 0 aliphatic rings. The van der Waals surface area contributed by atoms with Gasteiger partial charge in [0, 0.05) is 11.8 Å². The van der Waals surface area contributed by atoms with Crippen LogP contribution in [0.2, 0.25) is 5.15 Å². The lowest BCUT2D eigenvalue weighted by molar-refractivity contribution is 0.0167. The second-order valence-corrected chi connectivity index (χ2v) is 4.16. The quantitative estimate of drug-likeness (QED) is 0.561. The van der Waals surface area contributed by atoms with Gasteiger partial charge in [0.1, 0.15) is 11.3 Å². The maximum absolute atomic E-state index is 9.87. The normalized spacial score (nSPS) is 15.0. The van der Waals surface area contributed by atoms with Gasteiger partial charge >= 0.3 is 0 Å². The number of aliphatic hydroxyl groups is 2. The molecule has 0 saturated carbocycles. The van der Waals surface area contributed by atoms with Crippen LogP contribution in [0.15, 0.2) is 12.3 Å². The lowest BCUT2D eigenvalue weighted by Gasteiger charge is -2.19. The van der Waals surface area contributed by atoms with E-state index >= 15 is 0 Å². The van der Waals surface area contributed by atoms with Gasteiger partial charge in [-0.25, -0.2) is 4.98 Å². The van der Waals surface area contributed by atoms with Gasteiger partial charge in [-0.15, -0.1) is 0 Å². The number of rotatable bonds is 4. The Hall–Kier alpha value is -0.290. The Morgan fingerprint density at radius 3 is 2.73 bits per heavy atom. The molecule has 0 fully saturated rings. The predicted molar refractivity (Wildman–Crippen MR) is 63.4 cm³/mol. The Bertz CT molecular complexity index is 315. The van der Waals surface area contributed by atoms with E-state index in [2.05, 4.69) is 17.6 Å².